The fraction of sp³-hybridized carbons (Fsp3) is 0.583. The van der Waals surface area contributed by atoms with Crippen LogP contribution in [0.2, 0.25) is 19.6 Å². The zero-order valence-electron chi connectivity index (χ0n) is 9.95. The standard InChI is InChI=1S/C12H18O3Si/c1-16(2,3)8-7-12(15)6-4-5-10(9-12)11(13)14/h4-5,10,15H,6,9H2,1-3H3,(H,13,14)/t10-,12+/m0/s1. The first kappa shape index (κ1) is 13.0. The molecule has 1 aliphatic rings. The van der Waals surface area contributed by atoms with Gasteiger partial charge in [-0.15, -0.1) is 5.54 Å². The quantitative estimate of drug-likeness (QED) is 0.415. The van der Waals surface area contributed by atoms with Crippen LogP contribution in [-0.2, 0) is 4.79 Å². The number of rotatable bonds is 1. The molecule has 0 amide bonds. The summed E-state index contributed by atoms with van der Waals surface area (Å²) in [5.41, 5.74) is 1.95. The van der Waals surface area contributed by atoms with Crippen molar-refractivity contribution in [1.82, 2.24) is 0 Å². The number of carboxylic acid groups (broad SMARTS) is 1. The molecule has 0 bridgehead atoms. The Labute approximate surface area is 97.2 Å². The summed E-state index contributed by atoms with van der Waals surface area (Å²) < 4.78 is 0. The number of hydrogen-bond donors (Lipinski definition) is 2. The van der Waals surface area contributed by atoms with Crippen LogP contribution < -0.4 is 0 Å². The van der Waals surface area contributed by atoms with Gasteiger partial charge in [-0.3, -0.25) is 4.79 Å². The predicted molar refractivity (Wildman–Crippen MR) is 65.6 cm³/mol. The lowest BCUT2D eigenvalue weighted by atomic mass is 9.83. The SMILES string of the molecule is C[Si](C)(C)C#C[C@]1(O)CC=C[C@H](C(=O)O)C1. The number of aliphatic hydroxyl groups is 1. The van der Waals surface area contributed by atoms with Crippen LogP contribution in [0.5, 0.6) is 0 Å². The van der Waals surface area contributed by atoms with Crippen molar-refractivity contribution >= 4 is 14.0 Å². The van der Waals surface area contributed by atoms with E-state index in [4.69, 9.17) is 5.11 Å². The maximum atomic E-state index is 10.8. The van der Waals surface area contributed by atoms with Crippen LogP contribution in [0.15, 0.2) is 12.2 Å². The van der Waals surface area contributed by atoms with E-state index >= 15 is 0 Å². The van der Waals surface area contributed by atoms with Gasteiger partial charge in [0.15, 0.2) is 0 Å². The molecular formula is C12H18O3Si. The normalized spacial score (nSPS) is 29.4. The molecule has 0 spiro atoms. The van der Waals surface area contributed by atoms with Gasteiger partial charge in [0.1, 0.15) is 13.7 Å². The Morgan fingerprint density at radius 2 is 2.12 bits per heavy atom. The lowest BCUT2D eigenvalue weighted by Gasteiger charge is -2.27. The van der Waals surface area contributed by atoms with Crippen molar-refractivity contribution in [1.29, 1.82) is 0 Å². The van der Waals surface area contributed by atoms with E-state index in [1.807, 2.05) is 0 Å². The van der Waals surface area contributed by atoms with Gasteiger partial charge >= 0.3 is 5.97 Å². The number of hydrogen-bond acceptors (Lipinski definition) is 2. The van der Waals surface area contributed by atoms with Gasteiger partial charge in [0.2, 0.25) is 0 Å². The monoisotopic (exact) mass is 238 g/mol. The molecule has 0 aromatic carbocycles. The molecule has 0 radical (unpaired) electrons. The lowest BCUT2D eigenvalue weighted by molar-refractivity contribution is -0.141. The molecule has 0 saturated carbocycles. The Morgan fingerprint density at radius 3 is 2.62 bits per heavy atom. The van der Waals surface area contributed by atoms with Gasteiger partial charge in [-0.25, -0.2) is 0 Å². The van der Waals surface area contributed by atoms with E-state index in [-0.39, 0.29) is 6.42 Å². The van der Waals surface area contributed by atoms with E-state index in [1.165, 1.54) is 0 Å². The highest BCUT2D eigenvalue weighted by molar-refractivity contribution is 6.83. The van der Waals surface area contributed by atoms with Crippen molar-refractivity contribution < 1.29 is 15.0 Å². The molecular weight excluding hydrogens is 220 g/mol. The van der Waals surface area contributed by atoms with Crippen molar-refractivity contribution in [3.8, 4) is 11.5 Å². The van der Waals surface area contributed by atoms with E-state index < -0.39 is 25.6 Å². The first-order chi connectivity index (χ1) is 7.22. The van der Waals surface area contributed by atoms with Gasteiger partial charge in [0.05, 0.1) is 5.92 Å². The van der Waals surface area contributed by atoms with Crippen LogP contribution in [0.4, 0.5) is 0 Å². The first-order valence-corrected chi connectivity index (χ1v) is 8.88. The average molecular weight is 238 g/mol. The molecule has 0 aliphatic heterocycles. The number of carbonyl (C=O) groups is 1. The Balaban J connectivity index is 2.83. The summed E-state index contributed by atoms with van der Waals surface area (Å²) in [6.45, 7) is 6.28. The Hall–Kier alpha value is -1.05. The molecule has 0 unspecified atom stereocenters. The summed E-state index contributed by atoms with van der Waals surface area (Å²) in [7, 11) is -1.53. The molecule has 0 saturated heterocycles. The largest absolute Gasteiger partial charge is 0.481 e. The summed E-state index contributed by atoms with van der Waals surface area (Å²) in [5.74, 6) is 1.36. The van der Waals surface area contributed by atoms with Gasteiger partial charge in [-0.1, -0.05) is 37.7 Å². The third-order valence-corrected chi connectivity index (χ3v) is 3.24. The fourth-order valence-corrected chi connectivity index (χ4v) is 2.13. The molecule has 2 atom stereocenters. The topological polar surface area (TPSA) is 57.5 Å². The minimum Gasteiger partial charge on any atom is -0.481 e. The Kier molecular flexibility index (Phi) is 3.61. The van der Waals surface area contributed by atoms with E-state index in [2.05, 4.69) is 31.1 Å². The predicted octanol–water partition coefficient (Wildman–Crippen LogP) is 1.65. The summed E-state index contributed by atoms with van der Waals surface area (Å²) in [6, 6.07) is 0. The Morgan fingerprint density at radius 1 is 1.50 bits per heavy atom. The fourth-order valence-electron chi connectivity index (χ4n) is 1.52. The zero-order chi connectivity index (χ0) is 12.4. The first-order valence-electron chi connectivity index (χ1n) is 5.38. The minimum atomic E-state index is -1.53. The molecule has 88 valence electrons. The van der Waals surface area contributed by atoms with Crippen molar-refractivity contribution in [2.75, 3.05) is 0 Å². The molecule has 4 heteroatoms. The Bertz CT molecular complexity index is 370. The molecule has 0 aromatic rings. The van der Waals surface area contributed by atoms with Gasteiger partial charge in [-0.2, -0.15) is 0 Å². The highest BCUT2D eigenvalue weighted by Crippen LogP contribution is 2.27. The molecule has 0 aromatic heterocycles. The van der Waals surface area contributed by atoms with Crippen molar-refractivity contribution in [3.63, 3.8) is 0 Å². The lowest BCUT2D eigenvalue weighted by Crippen LogP contribution is -2.35. The zero-order valence-corrected chi connectivity index (χ0v) is 10.9. The second kappa shape index (κ2) is 4.44. The molecule has 0 heterocycles. The second-order valence-electron chi connectivity index (χ2n) is 5.31. The smallest absolute Gasteiger partial charge is 0.310 e. The van der Waals surface area contributed by atoms with Gasteiger partial charge < -0.3 is 10.2 Å². The van der Waals surface area contributed by atoms with E-state index in [0.717, 1.165) is 0 Å². The van der Waals surface area contributed by atoms with Crippen molar-refractivity contribution in [2.45, 2.75) is 38.1 Å². The van der Waals surface area contributed by atoms with Crippen molar-refractivity contribution in [2.24, 2.45) is 5.92 Å². The van der Waals surface area contributed by atoms with Crippen LogP contribution in [0.25, 0.3) is 0 Å². The van der Waals surface area contributed by atoms with Crippen molar-refractivity contribution in [3.05, 3.63) is 12.2 Å². The maximum absolute atomic E-state index is 10.8. The highest BCUT2D eigenvalue weighted by Gasteiger charge is 2.33. The molecule has 3 nitrogen and oxygen atoms in total. The maximum Gasteiger partial charge on any atom is 0.310 e. The molecule has 16 heavy (non-hydrogen) atoms. The third kappa shape index (κ3) is 3.84. The summed E-state index contributed by atoms with van der Waals surface area (Å²) in [6.07, 6.45) is 3.96. The number of aliphatic carboxylic acids is 1. The van der Waals surface area contributed by atoms with Crippen LogP contribution >= 0.6 is 0 Å². The van der Waals surface area contributed by atoms with E-state index in [1.54, 1.807) is 12.2 Å². The van der Waals surface area contributed by atoms with Gasteiger partial charge in [0.25, 0.3) is 0 Å². The van der Waals surface area contributed by atoms with Crippen LogP contribution in [0.3, 0.4) is 0 Å². The summed E-state index contributed by atoms with van der Waals surface area (Å²) in [5, 5.41) is 19.1. The molecule has 1 aliphatic carbocycles. The molecule has 0 fully saturated rings. The minimum absolute atomic E-state index is 0.191. The van der Waals surface area contributed by atoms with E-state index in [9.17, 15) is 9.90 Å². The van der Waals surface area contributed by atoms with Crippen LogP contribution in [0, 0.1) is 17.4 Å². The molecule has 2 N–H and O–H groups in total. The summed E-state index contributed by atoms with van der Waals surface area (Å²) >= 11 is 0. The third-order valence-electron chi connectivity index (χ3n) is 2.37. The van der Waals surface area contributed by atoms with E-state index in [0.29, 0.717) is 6.42 Å². The van der Waals surface area contributed by atoms with Gasteiger partial charge in [-0.05, 0) is 0 Å². The summed E-state index contributed by atoms with van der Waals surface area (Å²) in [4.78, 5) is 10.8. The second-order valence-corrected chi connectivity index (χ2v) is 10.1. The number of carboxylic acids is 1. The van der Waals surface area contributed by atoms with Gasteiger partial charge in [0, 0.05) is 12.8 Å². The van der Waals surface area contributed by atoms with Crippen LogP contribution in [0.1, 0.15) is 12.8 Å². The molecule has 1 rings (SSSR count). The highest BCUT2D eigenvalue weighted by atomic mass is 28.3. The average Bonchev–Trinajstić information content (AvgIpc) is 2.14. The van der Waals surface area contributed by atoms with Crippen LogP contribution in [-0.4, -0.2) is 29.9 Å².